The fourth-order valence-electron chi connectivity index (χ4n) is 5.62. The topological polar surface area (TPSA) is 93.2 Å². The Hall–Kier alpha value is -5.50. The Morgan fingerprint density at radius 3 is 1.23 bits per heavy atom. The number of methoxy groups -OCH3 is 2. The predicted molar refractivity (Wildman–Crippen MR) is 150 cm³/mol. The molecule has 0 saturated heterocycles. The highest BCUT2D eigenvalue weighted by atomic mass is 16.5. The third-order valence-corrected chi connectivity index (χ3v) is 7.47. The zero-order chi connectivity index (χ0) is 27.7. The minimum absolute atomic E-state index is 0.310. The van der Waals surface area contributed by atoms with Crippen LogP contribution < -0.4 is 19.3 Å². The quantitative estimate of drug-likeness (QED) is 0.282. The molecule has 0 fully saturated rings. The zero-order valence-electron chi connectivity index (χ0n) is 21.4. The molecule has 0 unspecified atom stereocenters. The Balaban J connectivity index is 1.29. The van der Waals surface area contributed by atoms with Crippen LogP contribution in [0.5, 0.6) is 11.5 Å². The number of hydrogen-bond donors (Lipinski definition) is 0. The van der Waals surface area contributed by atoms with Crippen molar-refractivity contribution in [1.29, 1.82) is 0 Å². The number of carbonyl (C=O) groups is 4. The van der Waals surface area contributed by atoms with Crippen LogP contribution in [-0.2, 0) is 0 Å². The molecule has 0 saturated carbocycles. The highest BCUT2D eigenvalue weighted by molar-refractivity contribution is 6.37. The minimum Gasteiger partial charge on any atom is -0.497 e. The lowest BCUT2D eigenvalue weighted by Crippen LogP contribution is -2.41. The van der Waals surface area contributed by atoms with Gasteiger partial charge >= 0.3 is 0 Å². The van der Waals surface area contributed by atoms with E-state index in [0.717, 1.165) is 20.6 Å². The fraction of sp³-hybridized carbons (Fsp3) is 0.0625. The first kappa shape index (κ1) is 23.6. The van der Waals surface area contributed by atoms with Gasteiger partial charge in [0.05, 0.1) is 36.7 Å². The summed E-state index contributed by atoms with van der Waals surface area (Å²) in [4.78, 5) is 56.4. The molecule has 2 aliphatic rings. The summed E-state index contributed by atoms with van der Waals surface area (Å²) in [6.45, 7) is 0. The molecule has 0 radical (unpaired) electrons. The highest BCUT2D eigenvalue weighted by Crippen LogP contribution is 2.38. The zero-order valence-corrected chi connectivity index (χ0v) is 21.4. The number of hydrogen-bond acceptors (Lipinski definition) is 6. The van der Waals surface area contributed by atoms with Crippen LogP contribution in [0.25, 0.3) is 21.5 Å². The van der Waals surface area contributed by atoms with Gasteiger partial charge in [-0.25, -0.2) is 9.80 Å². The van der Waals surface area contributed by atoms with Gasteiger partial charge in [-0.1, -0.05) is 24.3 Å². The van der Waals surface area contributed by atoms with E-state index in [-0.39, 0.29) is 0 Å². The van der Waals surface area contributed by atoms with E-state index in [1.54, 1.807) is 72.8 Å². The third-order valence-electron chi connectivity index (χ3n) is 7.47. The molecule has 5 aromatic rings. The average molecular weight is 529 g/mol. The Bertz CT molecular complexity index is 1820. The molecule has 0 bridgehead atoms. The number of carbonyl (C=O) groups excluding carboxylic acids is 4. The lowest BCUT2D eigenvalue weighted by molar-refractivity contribution is 0.0876. The molecule has 0 N–H and O–H groups in total. The van der Waals surface area contributed by atoms with Gasteiger partial charge in [-0.2, -0.15) is 0 Å². The van der Waals surface area contributed by atoms with Crippen molar-refractivity contribution in [1.82, 2.24) is 0 Å². The highest BCUT2D eigenvalue weighted by Gasteiger charge is 2.37. The van der Waals surface area contributed by atoms with Crippen molar-refractivity contribution in [3.05, 3.63) is 107 Å². The first-order valence-corrected chi connectivity index (χ1v) is 12.5. The molecule has 2 aliphatic heterocycles. The van der Waals surface area contributed by atoms with Crippen LogP contribution in [0.2, 0.25) is 0 Å². The second-order valence-electron chi connectivity index (χ2n) is 9.57. The standard InChI is InChI=1S/C32H20N2O6/c1-39-21-13-17-5-3-7-23-27(17)25(15-21)31(37)33(29(23)35)19-9-11-20(12-10-19)34-30(36)24-8-4-6-18-14-22(40-2)16-26(28(18)24)32(34)38/h3-16H,1-2H3. The second kappa shape index (κ2) is 8.51. The van der Waals surface area contributed by atoms with E-state index >= 15 is 0 Å². The van der Waals surface area contributed by atoms with Crippen molar-refractivity contribution in [3.8, 4) is 11.5 Å². The molecule has 5 aromatic carbocycles. The molecule has 0 aliphatic carbocycles. The maximum absolute atomic E-state index is 13.6. The van der Waals surface area contributed by atoms with Gasteiger partial charge in [0.2, 0.25) is 0 Å². The van der Waals surface area contributed by atoms with Crippen LogP contribution in [0, 0.1) is 0 Å². The molecule has 4 amide bonds. The molecular formula is C32H20N2O6. The van der Waals surface area contributed by atoms with E-state index in [0.29, 0.717) is 55.9 Å². The summed E-state index contributed by atoms with van der Waals surface area (Å²) in [7, 11) is 3.04. The van der Waals surface area contributed by atoms with Crippen LogP contribution in [0.1, 0.15) is 41.4 Å². The fourth-order valence-corrected chi connectivity index (χ4v) is 5.62. The van der Waals surface area contributed by atoms with Crippen LogP contribution >= 0.6 is 0 Å². The molecule has 0 spiro atoms. The van der Waals surface area contributed by atoms with Gasteiger partial charge in [0.15, 0.2) is 0 Å². The summed E-state index contributed by atoms with van der Waals surface area (Å²) < 4.78 is 10.8. The number of rotatable bonds is 4. The lowest BCUT2D eigenvalue weighted by Gasteiger charge is -2.29. The molecule has 2 heterocycles. The van der Waals surface area contributed by atoms with E-state index in [2.05, 4.69) is 0 Å². The van der Waals surface area contributed by atoms with Crippen LogP contribution in [-0.4, -0.2) is 37.8 Å². The first-order chi connectivity index (χ1) is 19.4. The molecule has 0 atom stereocenters. The molecule has 194 valence electrons. The summed E-state index contributed by atoms with van der Waals surface area (Å²) in [5.74, 6) is -0.882. The van der Waals surface area contributed by atoms with E-state index in [4.69, 9.17) is 9.47 Å². The third kappa shape index (κ3) is 3.19. The number of ether oxygens (including phenoxy) is 2. The van der Waals surface area contributed by atoms with Gasteiger partial charge in [-0.15, -0.1) is 0 Å². The van der Waals surface area contributed by atoms with Gasteiger partial charge in [0.1, 0.15) is 11.5 Å². The molecule has 40 heavy (non-hydrogen) atoms. The van der Waals surface area contributed by atoms with Crippen molar-refractivity contribution in [3.63, 3.8) is 0 Å². The Labute approximate surface area is 227 Å². The summed E-state index contributed by atoms with van der Waals surface area (Å²) >= 11 is 0. The SMILES string of the molecule is COc1cc2c3c(cccc3c1)C(=O)N(c1ccc(N3C(=O)c4cccc5cc(OC)cc(c45)C3=O)cc1)C2=O. The first-order valence-electron chi connectivity index (χ1n) is 12.5. The smallest absolute Gasteiger partial charge is 0.266 e. The van der Waals surface area contributed by atoms with Gasteiger partial charge < -0.3 is 9.47 Å². The maximum atomic E-state index is 13.6. The van der Waals surface area contributed by atoms with Crippen LogP contribution in [0.3, 0.4) is 0 Å². The van der Waals surface area contributed by atoms with E-state index in [9.17, 15) is 19.2 Å². The summed E-state index contributed by atoms with van der Waals surface area (Å²) in [6, 6.07) is 23.6. The molecule has 7 rings (SSSR count). The Kier molecular flexibility index (Phi) is 5.02. The summed E-state index contributed by atoms with van der Waals surface area (Å²) in [5.41, 5.74) is 2.13. The van der Waals surface area contributed by atoms with Gasteiger partial charge in [-0.3, -0.25) is 19.2 Å². The van der Waals surface area contributed by atoms with E-state index in [1.807, 2.05) is 12.1 Å². The summed E-state index contributed by atoms with van der Waals surface area (Å²) in [5, 5.41) is 2.63. The second-order valence-corrected chi connectivity index (χ2v) is 9.57. The molecule has 8 nitrogen and oxygen atoms in total. The van der Waals surface area contributed by atoms with E-state index < -0.39 is 23.6 Å². The monoisotopic (exact) mass is 528 g/mol. The minimum atomic E-state index is -0.488. The van der Waals surface area contributed by atoms with Crippen molar-refractivity contribution in [2.24, 2.45) is 0 Å². The van der Waals surface area contributed by atoms with Crippen molar-refractivity contribution < 1.29 is 28.7 Å². The van der Waals surface area contributed by atoms with Gasteiger partial charge in [0.25, 0.3) is 23.6 Å². The van der Waals surface area contributed by atoms with Crippen LogP contribution in [0.15, 0.2) is 84.9 Å². The number of benzene rings is 5. The lowest BCUT2D eigenvalue weighted by atomic mass is 9.93. The summed E-state index contributed by atoms with van der Waals surface area (Å²) in [6.07, 6.45) is 0. The number of nitrogens with zero attached hydrogens (tertiary/aromatic N) is 2. The number of amides is 4. The Morgan fingerprint density at radius 1 is 0.475 bits per heavy atom. The maximum Gasteiger partial charge on any atom is 0.266 e. The average Bonchev–Trinajstić information content (AvgIpc) is 2.98. The Morgan fingerprint density at radius 2 is 0.850 bits per heavy atom. The van der Waals surface area contributed by atoms with Gasteiger partial charge in [0, 0.05) is 21.9 Å². The molecular weight excluding hydrogens is 508 g/mol. The number of imide groups is 2. The predicted octanol–water partition coefficient (Wildman–Crippen LogP) is 5.61. The van der Waals surface area contributed by atoms with Crippen molar-refractivity contribution >= 4 is 56.5 Å². The van der Waals surface area contributed by atoms with E-state index in [1.165, 1.54) is 14.2 Å². The normalized spacial score (nSPS) is 14.3. The molecule has 0 aromatic heterocycles. The van der Waals surface area contributed by atoms with Gasteiger partial charge in [-0.05, 0) is 71.4 Å². The molecule has 8 heteroatoms. The largest absolute Gasteiger partial charge is 0.497 e. The van der Waals surface area contributed by atoms with Crippen molar-refractivity contribution in [2.75, 3.05) is 24.0 Å². The van der Waals surface area contributed by atoms with Crippen LogP contribution in [0.4, 0.5) is 11.4 Å². The van der Waals surface area contributed by atoms with Crippen molar-refractivity contribution in [2.45, 2.75) is 0 Å². The number of anilines is 2.